The van der Waals surface area contributed by atoms with Gasteiger partial charge in [0.2, 0.25) is 0 Å². The summed E-state index contributed by atoms with van der Waals surface area (Å²) in [6, 6.07) is 2.27. The fraction of sp³-hybridized carbons (Fsp3) is 0.300. The third-order valence-corrected chi connectivity index (χ3v) is 2.34. The zero-order chi connectivity index (χ0) is 11.0. The Hall–Kier alpha value is -1.62. The maximum atomic E-state index is 13.0. The van der Waals surface area contributed by atoms with E-state index in [0.717, 1.165) is 12.1 Å². The summed E-state index contributed by atoms with van der Waals surface area (Å²) in [7, 11) is 0. The highest BCUT2D eigenvalue weighted by Gasteiger charge is 2.27. The standard InChI is InChI=1S/C10H11FN2O2/c11-5-1-7-9(14)3-6(4-12)15-10(7)8(13)2-5/h1-2,6H,3-4,12-13H2. The summed E-state index contributed by atoms with van der Waals surface area (Å²) in [5.74, 6) is -0.463. The van der Waals surface area contributed by atoms with Crippen LogP contribution in [0.5, 0.6) is 5.75 Å². The van der Waals surface area contributed by atoms with Crippen molar-refractivity contribution in [3.05, 3.63) is 23.5 Å². The van der Waals surface area contributed by atoms with E-state index in [9.17, 15) is 9.18 Å². The molecule has 2 rings (SSSR count). The van der Waals surface area contributed by atoms with Crippen LogP contribution in [-0.2, 0) is 0 Å². The minimum Gasteiger partial charge on any atom is -0.486 e. The third-order valence-electron chi connectivity index (χ3n) is 2.34. The van der Waals surface area contributed by atoms with Crippen molar-refractivity contribution in [2.45, 2.75) is 12.5 Å². The predicted octanol–water partition coefficient (Wildman–Crippen LogP) is 0.700. The molecule has 1 aromatic rings. The van der Waals surface area contributed by atoms with E-state index in [4.69, 9.17) is 16.2 Å². The molecule has 0 saturated carbocycles. The van der Waals surface area contributed by atoms with Gasteiger partial charge in [-0.15, -0.1) is 0 Å². The molecular formula is C10H11FN2O2. The van der Waals surface area contributed by atoms with Crippen molar-refractivity contribution in [1.29, 1.82) is 0 Å². The van der Waals surface area contributed by atoms with Gasteiger partial charge in [0.1, 0.15) is 11.9 Å². The lowest BCUT2D eigenvalue weighted by atomic mass is 10.00. The molecule has 15 heavy (non-hydrogen) atoms. The van der Waals surface area contributed by atoms with Crippen LogP contribution in [0.25, 0.3) is 0 Å². The number of hydrogen-bond donors (Lipinski definition) is 2. The number of nitrogens with two attached hydrogens (primary N) is 2. The zero-order valence-electron chi connectivity index (χ0n) is 8.00. The van der Waals surface area contributed by atoms with Crippen molar-refractivity contribution in [3.63, 3.8) is 0 Å². The number of fused-ring (bicyclic) bond motifs is 1. The smallest absolute Gasteiger partial charge is 0.170 e. The lowest BCUT2D eigenvalue weighted by molar-refractivity contribution is 0.0860. The van der Waals surface area contributed by atoms with Gasteiger partial charge < -0.3 is 16.2 Å². The first-order valence-electron chi connectivity index (χ1n) is 4.60. The topological polar surface area (TPSA) is 78.3 Å². The molecule has 5 heteroatoms. The number of nitrogen functional groups attached to an aromatic ring is 1. The van der Waals surface area contributed by atoms with Gasteiger partial charge in [-0.1, -0.05) is 0 Å². The number of carbonyl (C=O) groups excluding carboxylic acids is 1. The normalized spacial score (nSPS) is 19.6. The second-order valence-electron chi connectivity index (χ2n) is 3.47. The number of carbonyl (C=O) groups is 1. The fourth-order valence-electron chi connectivity index (χ4n) is 1.61. The number of ketones is 1. The molecule has 0 aliphatic carbocycles. The van der Waals surface area contributed by atoms with Gasteiger partial charge >= 0.3 is 0 Å². The van der Waals surface area contributed by atoms with Crippen LogP contribution in [0.2, 0.25) is 0 Å². The van der Waals surface area contributed by atoms with E-state index in [0.29, 0.717) is 0 Å². The quantitative estimate of drug-likeness (QED) is 0.669. The SMILES string of the molecule is NCC1CC(=O)c2cc(F)cc(N)c2O1. The molecule has 0 bridgehead atoms. The van der Waals surface area contributed by atoms with E-state index < -0.39 is 5.82 Å². The summed E-state index contributed by atoms with van der Waals surface area (Å²) in [4.78, 5) is 11.6. The Morgan fingerprint density at radius 2 is 2.27 bits per heavy atom. The molecule has 1 heterocycles. The van der Waals surface area contributed by atoms with Crippen LogP contribution in [0.4, 0.5) is 10.1 Å². The van der Waals surface area contributed by atoms with E-state index in [2.05, 4.69) is 0 Å². The van der Waals surface area contributed by atoms with Gasteiger partial charge in [-0.3, -0.25) is 4.79 Å². The Labute approximate surface area is 86.0 Å². The van der Waals surface area contributed by atoms with Crippen LogP contribution in [-0.4, -0.2) is 18.4 Å². The van der Waals surface area contributed by atoms with E-state index >= 15 is 0 Å². The Balaban J connectivity index is 2.50. The lowest BCUT2D eigenvalue weighted by Gasteiger charge is -2.25. The number of benzene rings is 1. The Bertz CT molecular complexity index is 420. The monoisotopic (exact) mass is 210 g/mol. The van der Waals surface area contributed by atoms with Crippen molar-refractivity contribution < 1.29 is 13.9 Å². The van der Waals surface area contributed by atoms with E-state index in [-0.39, 0.29) is 41.9 Å². The third kappa shape index (κ3) is 1.66. The average molecular weight is 210 g/mol. The molecule has 1 atom stereocenters. The van der Waals surface area contributed by atoms with E-state index in [1.54, 1.807) is 0 Å². The summed E-state index contributed by atoms with van der Waals surface area (Å²) in [6.45, 7) is 0.238. The number of hydrogen-bond acceptors (Lipinski definition) is 4. The molecule has 0 spiro atoms. The first kappa shape index (κ1) is 9.92. The molecule has 1 aliphatic rings. The van der Waals surface area contributed by atoms with Gasteiger partial charge in [-0.2, -0.15) is 0 Å². The highest BCUT2D eigenvalue weighted by Crippen LogP contribution is 2.33. The molecule has 0 saturated heterocycles. The van der Waals surface area contributed by atoms with Crippen LogP contribution in [0, 0.1) is 5.82 Å². The van der Waals surface area contributed by atoms with Crippen molar-refractivity contribution in [1.82, 2.24) is 0 Å². The van der Waals surface area contributed by atoms with Gasteiger partial charge in [-0.25, -0.2) is 4.39 Å². The van der Waals surface area contributed by atoms with Crippen molar-refractivity contribution in [2.75, 3.05) is 12.3 Å². The van der Waals surface area contributed by atoms with Crippen LogP contribution >= 0.6 is 0 Å². The van der Waals surface area contributed by atoms with Gasteiger partial charge in [0.25, 0.3) is 0 Å². The van der Waals surface area contributed by atoms with E-state index in [1.807, 2.05) is 0 Å². The molecule has 0 fully saturated rings. The molecular weight excluding hydrogens is 199 g/mol. The minimum atomic E-state index is -0.533. The number of Topliss-reactive ketones (excluding diaryl/α,β-unsaturated/α-hetero) is 1. The van der Waals surface area contributed by atoms with Crippen molar-refractivity contribution in [2.24, 2.45) is 5.73 Å². The molecule has 0 radical (unpaired) electrons. The summed E-state index contributed by atoms with van der Waals surface area (Å²) < 4.78 is 18.4. The Kier molecular flexibility index (Phi) is 2.32. The van der Waals surface area contributed by atoms with Crippen LogP contribution in [0.1, 0.15) is 16.8 Å². The Morgan fingerprint density at radius 3 is 2.93 bits per heavy atom. The van der Waals surface area contributed by atoms with Crippen LogP contribution in [0.3, 0.4) is 0 Å². The minimum absolute atomic E-state index is 0.136. The molecule has 1 unspecified atom stereocenters. The predicted molar refractivity (Wildman–Crippen MR) is 53.2 cm³/mol. The number of rotatable bonds is 1. The van der Waals surface area contributed by atoms with Crippen molar-refractivity contribution >= 4 is 11.5 Å². The maximum Gasteiger partial charge on any atom is 0.170 e. The van der Waals surface area contributed by atoms with E-state index in [1.165, 1.54) is 0 Å². The number of halogens is 1. The second kappa shape index (κ2) is 3.51. The molecule has 80 valence electrons. The fourth-order valence-corrected chi connectivity index (χ4v) is 1.61. The maximum absolute atomic E-state index is 13.0. The van der Waals surface area contributed by atoms with Crippen LogP contribution < -0.4 is 16.2 Å². The lowest BCUT2D eigenvalue weighted by Crippen LogP contribution is -2.33. The average Bonchev–Trinajstić information content (AvgIpc) is 2.19. The largest absolute Gasteiger partial charge is 0.486 e. The second-order valence-corrected chi connectivity index (χ2v) is 3.47. The summed E-state index contributed by atoms with van der Waals surface area (Å²) in [5.41, 5.74) is 11.3. The highest BCUT2D eigenvalue weighted by molar-refractivity contribution is 6.01. The van der Waals surface area contributed by atoms with Crippen LogP contribution in [0.15, 0.2) is 12.1 Å². The zero-order valence-corrected chi connectivity index (χ0v) is 8.00. The molecule has 4 nitrogen and oxygen atoms in total. The summed E-state index contributed by atoms with van der Waals surface area (Å²) >= 11 is 0. The van der Waals surface area contributed by atoms with Gasteiger partial charge in [0, 0.05) is 19.0 Å². The Morgan fingerprint density at radius 1 is 1.53 bits per heavy atom. The van der Waals surface area contributed by atoms with Crippen molar-refractivity contribution in [3.8, 4) is 5.75 Å². The first-order valence-corrected chi connectivity index (χ1v) is 4.60. The summed E-state index contributed by atoms with van der Waals surface area (Å²) in [6.07, 6.45) is -0.190. The highest BCUT2D eigenvalue weighted by atomic mass is 19.1. The first-order chi connectivity index (χ1) is 7.11. The molecule has 0 amide bonds. The molecule has 4 N–H and O–H groups in total. The van der Waals surface area contributed by atoms with Gasteiger partial charge in [0.05, 0.1) is 11.3 Å². The molecule has 1 aliphatic heterocycles. The number of ether oxygens (including phenoxy) is 1. The molecule has 1 aromatic carbocycles. The van der Waals surface area contributed by atoms with Gasteiger partial charge in [0.15, 0.2) is 11.5 Å². The summed E-state index contributed by atoms with van der Waals surface area (Å²) in [5, 5.41) is 0. The molecule has 0 aromatic heterocycles. The number of anilines is 1. The van der Waals surface area contributed by atoms with Gasteiger partial charge in [-0.05, 0) is 6.07 Å².